The van der Waals surface area contributed by atoms with Crippen molar-refractivity contribution in [2.75, 3.05) is 45.9 Å². The third-order valence-corrected chi connectivity index (χ3v) is 5.23. The number of phenols is 1. The van der Waals surface area contributed by atoms with Crippen molar-refractivity contribution in [1.82, 2.24) is 25.0 Å². The SMILES string of the molecule is CCOCCN1CCN(C(=O)c2cc(-c3ccc(O)cc3)nc3[nH]ncc23)CC1. The average molecular weight is 395 g/mol. The molecule has 1 fully saturated rings. The molecule has 1 amide bonds. The van der Waals surface area contributed by atoms with Crippen LogP contribution in [0.2, 0.25) is 0 Å². The van der Waals surface area contributed by atoms with E-state index < -0.39 is 0 Å². The number of carbonyl (C=O) groups excluding carboxylic acids is 1. The van der Waals surface area contributed by atoms with Crippen molar-refractivity contribution in [2.24, 2.45) is 0 Å². The van der Waals surface area contributed by atoms with Gasteiger partial charge in [0.25, 0.3) is 5.91 Å². The van der Waals surface area contributed by atoms with Gasteiger partial charge in [0.1, 0.15) is 5.75 Å². The second-order valence-electron chi connectivity index (χ2n) is 7.06. The van der Waals surface area contributed by atoms with Gasteiger partial charge in [0, 0.05) is 44.9 Å². The van der Waals surface area contributed by atoms with Crippen molar-refractivity contribution in [3.05, 3.63) is 42.1 Å². The van der Waals surface area contributed by atoms with Crippen molar-refractivity contribution in [1.29, 1.82) is 0 Å². The molecule has 0 aliphatic carbocycles. The van der Waals surface area contributed by atoms with E-state index in [2.05, 4.69) is 20.1 Å². The van der Waals surface area contributed by atoms with Crippen molar-refractivity contribution in [3.63, 3.8) is 0 Å². The molecule has 0 radical (unpaired) electrons. The Kier molecular flexibility index (Phi) is 5.73. The van der Waals surface area contributed by atoms with E-state index in [4.69, 9.17) is 4.74 Å². The van der Waals surface area contributed by atoms with E-state index in [-0.39, 0.29) is 11.7 Å². The van der Waals surface area contributed by atoms with Gasteiger partial charge in [-0.3, -0.25) is 14.8 Å². The summed E-state index contributed by atoms with van der Waals surface area (Å²) in [5.74, 6) is 0.179. The van der Waals surface area contributed by atoms with E-state index in [0.29, 0.717) is 30.0 Å². The highest BCUT2D eigenvalue weighted by Crippen LogP contribution is 2.26. The molecule has 4 rings (SSSR count). The first-order valence-electron chi connectivity index (χ1n) is 9.88. The molecule has 0 saturated carbocycles. The molecule has 1 aliphatic rings. The normalized spacial score (nSPS) is 15.1. The molecule has 8 nitrogen and oxygen atoms in total. The first-order valence-corrected chi connectivity index (χ1v) is 9.88. The highest BCUT2D eigenvalue weighted by molar-refractivity contribution is 6.06. The van der Waals surface area contributed by atoms with Crippen molar-refractivity contribution < 1.29 is 14.6 Å². The van der Waals surface area contributed by atoms with Crippen LogP contribution >= 0.6 is 0 Å². The van der Waals surface area contributed by atoms with Gasteiger partial charge < -0.3 is 14.7 Å². The number of piperazine rings is 1. The molecule has 2 N–H and O–H groups in total. The largest absolute Gasteiger partial charge is 0.508 e. The van der Waals surface area contributed by atoms with Crippen LogP contribution in [-0.2, 0) is 4.74 Å². The Bertz CT molecular complexity index is 978. The predicted octanol–water partition coefficient (Wildman–Crippen LogP) is 2.12. The number of nitrogens with zero attached hydrogens (tertiary/aromatic N) is 4. The number of aromatic nitrogens is 3. The molecule has 1 aliphatic heterocycles. The first kappa shape index (κ1) is 19.4. The van der Waals surface area contributed by atoms with Crippen LogP contribution in [-0.4, -0.2) is 81.9 Å². The number of pyridine rings is 1. The Hall–Kier alpha value is -2.97. The minimum atomic E-state index is -0.0108. The van der Waals surface area contributed by atoms with Crippen LogP contribution in [0.4, 0.5) is 0 Å². The molecule has 0 spiro atoms. The number of H-pyrrole nitrogens is 1. The van der Waals surface area contributed by atoms with Crippen LogP contribution in [0.15, 0.2) is 36.5 Å². The topological polar surface area (TPSA) is 94.6 Å². The Balaban J connectivity index is 1.55. The standard InChI is InChI=1S/C21H25N5O3/c1-2-29-12-11-25-7-9-26(10-8-25)21(28)17-13-19(15-3-5-16(27)6-4-15)23-20-18(17)14-22-24-20/h3-6,13-14,27H,2,7-12H2,1H3,(H,22,23,24). The van der Waals surface area contributed by atoms with Gasteiger partial charge in [-0.1, -0.05) is 0 Å². The van der Waals surface area contributed by atoms with E-state index in [0.717, 1.165) is 43.8 Å². The number of hydrogen-bond acceptors (Lipinski definition) is 6. The molecule has 29 heavy (non-hydrogen) atoms. The van der Waals surface area contributed by atoms with Gasteiger partial charge in [-0.2, -0.15) is 5.10 Å². The van der Waals surface area contributed by atoms with Gasteiger partial charge in [-0.05, 0) is 37.3 Å². The lowest BCUT2D eigenvalue weighted by Crippen LogP contribution is -2.49. The fourth-order valence-corrected chi connectivity index (χ4v) is 3.57. The third-order valence-electron chi connectivity index (χ3n) is 5.23. The summed E-state index contributed by atoms with van der Waals surface area (Å²) in [5.41, 5.74) is 2.67. The second-order valence-corrected chi connectivity index (χ2v) is 7.06. The first-order chi connectivity index (χ1) is 14.2. The van der Waals surface area contributed by atoms with Gasteiger partial charge in [0.15, 0.2) is 5.65 Å². The minimum Gasteiger partial charge on any atom is -0.508 e. The highest BCUT2D eigenvalue weighted by atomic mass is 16.5. The molecular weight excluding hydrogens is 370 g/mol. The summed E-state index contributed by atoms with van der Waals surface area (Å²) < 4.78 is 5.43. The van der Waals surface area contributed by atoms with Gasteiger partial charge in [-0.25, -0.2) is 4.98 Å². The van der Waals surface area contributed by atoms with E-state index >= 15 is 0 Å². The number of ether oxygens (including phenoxy) is 1. The molecular formula is C21H25N5O3. The van der Waals surface area contributed by atoms with Crippen molar-refractivity contribution in [2.45, 2.75) is 6.92 Å². The summed E-state index contributed by atoms with van der Waals surface area (Å²) in [6.45, 7) is 7.37. The Morgan fingerprint density at radius 3 is 2.69 bits per heavy atom. The molecule has 152 valence electrons. The molecule has 0 unspecified atom stereocenters. The number of phenolic OH excluding ortho intramolecular Hbond substituents is 1. The Labute approximate surface area is 169 Å². The zero-order valence-corrected chi connectivity index (χ0v) is 16.5. The van der Waals surface area contributed by atoms with Gasteiger partial charge >= 0.3 is 0 Å². The van der Waals surface area contributed by atoms with Crippen LogP contribution in [0.5, 0.6) is 5.75 Å². The number of aromatic amines is 1. The molecule has 1 saturated heterocycles. The van der Waals surface area contributed by atoms with Gasteiger partial charge in [0.2, 0.25) is 0 Å². The molecule has 1 aromatic carbocycles. The Morgan fingerprint density at radius 2 is 1.97 bits per heavy atom. The summed E-state index contributed by atoms with van der Waals surface area (Å²) in [4.78, 5) is 22.1. The second kappa shape index (κ2) is 8.59. The van der Waals surface area contributed by atoms with Crippen LogP contribution < -0.4 is 0 Å². The average Bonchev–Trinajstić information content (AvgIpc) is 3.22. The summed E-state index contributed by atoms with van der Waals surface area (Å²) in [5, 5.41) is 17.2. The Morgan fingerprint density at radius 1 is 1.21 bits per heavy atom. The summed E-state index contributed by atoms with van der Waals surface area (Å²) in [7, 11) is 0. The number of carbonyl (C=O) groups is 1. The highest BCUT2D eigenvalue weighted by Gasteiger charge is 2.24. The minimum absolute atomic E-state index is 0.0108. The number of aromatic hydroxyl groups is 1. The quantitative estimate of drug-likeness (QED) is 0.621. The summed E-state index contributed by atoms with van der Waals surface area (Å²) in [6, 6.07) is 8.60. The van der Waals surface area contributed by atoms with Crippen LogP contribution in [0.25, 0.3) is 22.3 Å². The zero-order valence-electron chi connectivity index (χ0n) is 16.5. The molecule has 3 aromatic rings. The van der Waals surface area contributed by atoms with Gasteiger partial charge in [-0.15, -0.1) is 0 Å². The number of amides is 1. The number of rotatable bonds is 6. The van der Waals surface area contributed by atoms with Crippen molar-refractivity contribution >= 4 is 16.9 Å². The fraction of sp³-hybridized carbons (Fsp3) is 0.381. The number of fused-ring (bicyclic) bond motifs is 1. The van der Waals surface area contributed by atoms with E-state index in [1.807, 2.05) is 17.9 Å². The van der Waals surface area contributed by atoms with Crippen molar-refractivity contribution in [3.8, 4) is 17.0 Å². The molecule has 2 aromatic heterocycles. The predicted molar refractivity (Wildman–Crippen MR) is 110 cm³/mol. The maximum atomic E-state index is 13.3. The lowest BCUT2D eigenvalue weighted by atomic mass is 10.1. The monoisotopic (exact) mass is 395 g/mol. The van der Waals surface area contributed by atoms with Gasteiger partial charge in [0.05, 0.1) is 29.4 Å². The molecule has 8 heteroatoms. The lowest BCUT2D eigenvalue weighted by Gasteiger charge is -2.34. The maximum Gasteiger partial charge on any atom is 0.254 e. The summed E-state index contributed by atoms with van der Waals surface area (Å²) >= 11 is 0. The van der Waals surface area contributed by atoms with E-state index in [9.17, 15) is 9.90 Å². The third kappa shape index (κ3) is 4.23. The number of nitrogens with one attached hydrogen (secondary N) is 1. The van der Waals surface area contributed by atoms with Crippen LogP contribution in [0, 0.1) is 0 Å². The number of hydrogen-bond donors (Lipinski definition) is 2. The smallest absolute Gasteiger partial charge is 0.254 e. The maximum absolute atomic E-state index is 13.3. The molecule has 0 atom stereocenters. The lowest BCUT2D eigenvalue weighted by molar-refractivity contribution is 0.0566. The number of benzene rings is 1. The van der Waals surface area contributed by atoms with Crippen LogP contribution in [0.3, 0.4) is 0 Å². The molecule has 3 heterocycles. The van der Waals surface area contributed by atoms with Crippen LogP contribution in [0.1, 0.15) is 17.3 Å². The van der Waals surface area contributed by atoms with E-state index in [1.165, 1.54) is 0 Å². The molecule has 0 bridgehead atoms. The fourth-order valence-electron chi connectivity index (χ4n) is 3.57. The summed E-state index contributed by atoms with van der Waals surface area (Å²) in [6.07, 6.45) is 1.65. The van der Waals surface area contributed by atoms with E-state index in [1.54, 1.807) is 30.5 Å². The zero-order chi connectivity index (χ0) is 20.2.